The van der Waals surface area contributed by atoms with Crippen molar-refractivity contribution in [2.24, 2.45) is 5.73 Å². The maximum atomic E-state index is 11.7. The van der Waals surface area contributed by atoms with Crippen molar-refractivity contribution in [2.45, 2.75) is 12.5 Å². The fourth-order valence-corrected chi connectivity index (χ4v) is 2.00. The van der Waals surface area contributed by atoms with Gasteiger partial charge in [0.05, 0.1) is 6.04 Å². The number of hydrogen-bond donors (Lipinski definition) is 2. The fraction of sp³-hybridized carbons (Fsp3) is 0.417. The molecule has 1 aliphatic heterocycles. The molecule has 0 saturated carbocycles. The number of carbonyl (C=O) groups is 1. The molecule has 1 unspecified atom stereocenters. The number of nitrogens with zero attached hydrogens (tertiary/aromatic N) is 1. The second-order valence-electron chi connectivity index (χ2n) is 3.98. The van der Waals surface area contributed by atoms with E-state index in [1.165, 1.54) is 5.56 Å². The lowest BCUT2D eigenvalue weighted by Crippen LogP contribution is -2.49. The third-order valence-electron chi connectivity index (χ3n) is 2.87. The lowest BCUT2D eigenvalue weighted by atomic mass is 10.0. The maximum absolute atomic E-state index is 11.7. The third-order valence-corrected chi connectivity index (χ3v) is 2.87. The molecule has 0 spiro atoms. The van der Waals surface area contributed by atoms with Gasteiger partial charge in [0.2, 0.25) is 0 Å². The molecule has 16 heavy (non-hydrogen) atoms. The van der Waals surface area contributed by atoms with Crippen LogP contribution in [0.1, 0.15) is 18.0 Å². The first kappa shape index (κ1) is 11.0. The van der Waals surface area contributed by atoms with Gasteiger partial charge in [0.1, 0.15) is 0 Å². The Morgan fingerprint density at radius 3 is 2.75 bits per heavy atom. The molecule has 1 aromatic carbocycles. The molecule has 1 aliphatic rings. The molecule has 1 aromatic rings. The standard InChI is InChI=1S/C12H17N3O/c13-7-9-15-8-6-11(14-12(15)16)10-4-2-1-3-5-10/h1-5,11H,6-9,13H2,(H,14,16). The van der Waals surface area contributed by atoms with E-state index < -0.39 is 0 Å². The molecular weight excluding hydrogens is 202 g/mol. The Morgan fingerprint density at radius 1 is 1.38 bits per heavy atom. The summed E-state index contributed by atoms with van der Waals surface area (Å²) in [5.41, 5.74) is 6.62. The van der Waals surface area contributed by atoms with Crippen molar-refractivity contribution >= 4 is 6.03 Å². The minimum atomic E-state index is -0.00875. The second-order valence-corrected chi connectivity index (χ2v) is 3.98. The molecule has 4 heteroatoms. The molecule has 4 nitrogen and oxygen atoms in total. The Balaban J connectivity index is 2.00. The molecule has 2 rings (SSSR count). The van der Waals surface area contributed by atoms with E-state index in [0.717, 1.165) is 13.0 Å². The minimum absolute atomic E-state index is 0.00875. The molecule has 1 atom stereocenters. The highest BCUT2D eigenvalue weighted by molar-refractivity contribution is 5.75. The molecule has 86 valence electrons. The van der Waals surface area contributed by atoms with Crippen LogP contribution in [0.3, 0.4) is 0 Å². The van der Waals surface area contributed by atoms with Crippen molar-refractivity contribution < 1.29 is 4.79 Å². The van der Waals surface area contributed by atoms with Crippen molar-refractivity contribution in [1.29, 1.82) is 0 Å². The van der Waals surface area contributed by atoms with Gasteiger partial charge in [0, 0.05) is 19.6 Å². The molecule has 3 N–H and O–H groups in total. The first-order valence-electron chi connectivity index (χ1n) is 5.61. The zero-order chi connectivity index (χ0) is 11.4. The highest BCUT2D eigenvalue weighted by Gasteiger charge is 2.24. The van der Waals surface area contributed by atoms with Gasteiger partial charge in [-0.1, -0.05) is 30.3 Å². The van der Waals surface area contributed by atoms with Gasteiger partial charge in [-0.2, -0.15) is 0 Å². The number of rotatable bonds is 3. The molecule has 1 heterocycles. The Bertz CT molecular complexity index is 353. The summed E-state index contributed by atoms with van der Waals surface area (Å²) in [5.74, 6) is 0. The van der Waals surface area contributed by atoms with E-state index >= 15 is 0 Å². The summed E-state index contributed by atoms with van der Waals surface area (Å²) in [6.45, 7) is 1.93. The number of benzene rings is 1. The van der Waals surface area contributed by atoms with Crippen LogP contribution in [0.15, 0.2) is 30.3 Å². The van der Waals surface area contributed by atoms with E-state index in [9.17, 15) is 4.79 Å². The van der Waals surface area contributed by atoms with Crippen molar-refractivity contribution in [3.8, 4) is 0 Å². The average molecular weight is 219 g/mol. The van der Waals surface area contributed by atoms with Crippen LogP contribution in [-0.4, -0.2) is 30.6 Å². The van der Waals surface area contributed by atoms with Gasteiger partial charge in [0.25, 0.3) is 0 Å². The highest BCUT2D eigenvalue weighted by Crippen LogP contribution is 2.20. The number of hydrogen-bond acceptors (Lipinski definition) is 2. The van der Waals surface area contributed by atoms with Gasteiger partial charge in [-0.05, 0) is 12.0 Å². The van der Waals surface area contributed by atoms with E-state index in [2.05, 4.69) is 5.32 Å². The van der Waals surface area contributed by atoms with E-state index in [4.69, 9.17) is 5.73 Å². The number of urea groups is 1. The lowest BCUT2D eigenvalue weighted by Gasteiger charge is -2.32. The van der Waals surface area contributed by atoms with Crippen LogP contribution in [-0.2, 0) is 0 Å². The fourth-order valence-electron chi connectivity index (χ4n) is 2.00. The van der Waals surface area contributed by atoms with Crippen molar-refractivity contribution in [1.82, 2.24) is 10.2 Å². The van der Waals surface area contributed by atoms with Gasteiger partial charge in [0.15, 0.2) is 0 Å². The van der Waals surface area contributed by atoms with Crippen LogP contribution in [0.5, 0.6) is 0 Å². The minimum Gasteiger partial charge on any atom is -0.331 e. The van der Waals surface area contributed by atoms with Crippen LogP contribution in [0.25, 0.3) is 0 Å². The number of nitrogens with one attached hydrogen (secondary N) is 1. The molecule has 1 saturated heterocycles. The van der Waals surface area contributed by atoms with Crippen molar-refractivity contribution in [3.05, 3.63) is 35.9 Å². The van der Waals surface area contributed by atoms with Crippen LogP contribution < -0.4 is 11.1 Å². The number of nitrogens with two attached hydrogens (primary N) is 1. The number of carbonyl (C=O) groups excluding carboxylic acids is 1. The van der Waals surface area contributed by atoms with E-state index in [0.29, 0.717) is 13.1 Å². The molecule has 0 bridgehead atoms. The van der Waals surface area contributed by atoms with Gasteiger partial charge in [-0.15, -0.1) is 0 Å². The van der Waals surface area contributed by atoms with E-state index in [-0.39, 0.29) is 12.1 Å². The normalized spacial score (nSPS) is 20.7. The topological polar surface area (TPSA) is 58.4 Å². The van der Waals surface area contributed by atoms with Crippen LogP contribution in [0.2, 0.25) is 0 Å². The summed E-state index contributed by atoms with van der Waals surface area (Å²) in [5, 5.41) is 3.00. The molecule has 1 fully saturated rings. The highest BCUT2D eigenvalue weighted by atomic mass is 16.2. The molecule has 2 amide bonds. The first-order chi connectivity index (χ1) is 7.81. The van der Waals surface area contributed by atoms with Crippen LogP contribution in [0.4, 0.5) is 4.79 Å². The predicted molar refractivity (Wildman–Crippen MR) is 63.0 cm³/mol. The first-order valence-corrected chi connectivity index (χ1v) is 5.61. The van der Waals surface area contributed by atoms with Crippen LogP contribution >= 0.6 is 0 Å². The zero-order valence-electron chi connectivity index (χ0n) is 9.23. The smallest absolute Gasteiger partial charge is 0.317 e. The van der Waals surface area contributed by atoms with Crippen molar-refractivity contribution in [2.75, 3.05) is 19.6 Å². The van der Waals surface area contributed by atoms with Gasteiger partial charge in [-0.25, -0.2) is 4.79 Å². The largest absolute Gasteiger partial charge is 0.331 e. The molecule has 0 aromatic heterocycles. The maximum Gasteiger partial charge on any atom is 0.317 e. The Labute approximate surface area is 95.4 Å². The Morgan fingerprint density at radius 2 is 2.12 bits per heavy atom. The zero-order valence-corrected chi connectivity index (χ0v) is 9.23. The van der Waals surface area contributed by atoms with Crippen LogP contribution in [0, 0.1) is 0 Å². The number of amides is 2. The summed E-state index contributed by atoms with van der Waals surface area (Å²) >= 11 is 0. The van der Waals surface area contributed by atoms with Gasteiger partial charge >= 0.3 is 6.03 Å². The van der Waals surface area contributed by atoms with E-state index in [1.807, 2.05) is 30.3 Å². The van der Waals surface area contributed by atoms with Crippen molar-refractivity contribution in [3.63, 3.8) is 0 Å². The van der Waals surface area contributed by atoms with E-state index in [1.54, 1.807) is 4.90 Å². The lowest BCUT2D eigenvalue weighted by molar-refractivity contribution is 0.176. The molecular formula is C12H17N3O. The van der Waals surface area contributed by atoms with Gasteiger partial charge in [-0.3, -0.25) is 0 Å². The summed E-state index contributed by atoms with van der Waals surface area (Å²) in [4.78, 5) is 13.5. The Hall–Kier alpha value is -1.55. The molecule has 0 radical (unpaired) electrons. The third kappa shape index (κ3) is 2.33. The monoisotopic (exact) mass is 219 g/mol. The average Bonchev–Trinajstić information content (AvgIpc) is 2.33. The SMILES string of the molecule is NCCN1CCC(c2ccccc2)NC1=O. The summed E-state index contributed by atoms with van der Waals surface area (Å²) < 4.78 is 0. The summed E-state index contributed by atoms with van der Waals surface area (Å²) in [6.07, 6.45) is 0.940. The molecule has 0 aliphatic carbocycles. The van der Waals surface area contributed by atoms with Gasteiger partial charge < -0.3 is 16.0 Å². The summed E-state index contributed by atoms with van der Waals surface area (Å²) in [6, 6.07) is 10.2. The summed E-state index contributed by atoms with van der Waals surface area (Å²) in [7, 11) is 0. The Kier molecular flexibility index (Phi) is 3.41. The quantitative estimate of drug-likeness (QED) is 0.799. The second kappa shape index (κ2) is 4.99. The predicted octanol–water partition coefficient (Wildman–Crippen LogP) is 1.10.